The third-order valence-corrected chi connectivity index (χ3v) is 5.74. The molecule has 3 heterocycles. The second kappa shape index (κ2) is 7.26. The molecule has 2 amide bonds. The Kier molecular flexibility index (Phi) is 4.45. The fourth-order valence-electron chi connectivity index (χ4n) is 4.09. The highest BCUT2D eigenvalue weighted by molar-refractivity contribution is 6.33. The van der Waals surface area contributed by atoms with E-state index >= 15 is 0 Å². The summed E-state index contributed by atoms with van der Waals surface area (Å²) in [7, 11) is 0. The van der Waals surface area contributed by atoms with E-state index in [9.17, 15) is 4.79 Å². The molecule has 29 heavy (non-hydrogen) atoms. The van der Waals surface area contributed by atoms with E-state index in [0.29, 0.717) is 17.3 Å². The molecule has 5 nitrogen and oxygen atoms in total. The zero-order valence-corrected chi connectivity index (χ0v) is 16.4. The molecular formula is C23H19ClN4O. The maximum atomic E-state index is 13.3. The smallest absolute Gasteiger partial charge is 0.322 e. The van der Waals surface area contributed by atoms with Gasteiger partial charge in [-0.1, -0.05) is 48.0 Å². The van der Waals surface area contributed by atoms with Crippen molar-refractivity contribution < 1.29 is 4.79 Å². The Balaban J connectivity index is 1.58. The lowest BCUT2D eigenvalue weighted by atomic mass is 9.93. The average Bonchev–Trinajstić information content (AvgIpc) is 3.14. The van der Waals surface area contributed by atoms with Crippen molar-refractivity contribution in [2.45, 2.75) is 12.5 Å². The van der Waals surface area contributed by atoms with Gasteiger partial charge in [-0.25, -0.2) is 4.79 Å². The number of amides is 2. The van der Waals surface area contributed by atoms with Crippen molar-refractivity contribution in [2.75, 3.05) is 11.9 Å². The number of hydrogen-bond acceptors (Lipinski definition) is 2. The molecular weight excluding hydrogens is 384 g/mol. The number of aromatic amines is 1. The third-order valence-electron chi connectivity index (χ3n) is 5.41. The van der Waals surface area contributed by atoms with Crippen LogP contribution in [0, 0.1) is 0 Å². The van der Waals surface area contributed by atoms with Crippen LogP contribution in [0.5, 0.6) is 0 Å². The molecule has 0 fully saturated rings. The van der Waals surface area contributed by atoms with Crippen LogP contribution in [-0.2, 0) is 6.42 Å². The molecule has 4 aromatic rings. The Hall–Kier alpha value is -3.31. The molecule has 0 spiro atoms. The first-order valence-electron chi connectivity index (χ1n) is 9.54. The van der Waals surface area contributed by atoms with Crippen molar-refractivity contribution in [1.82, 2.24) is 14.9 Å². The molecule has 5 rings (SSSR count). The van der Waals surface area contributed by atoms with E-state index in [0.717, 1.165) is 23.2 Å². The Morgan fingerprint density at radius 2 is 1.93 bits per heavy atom. The van der Waals surface area contributed by atoms with Crippen molar-refractivity contribution >= 4 is 34.2 Å². The van der Waals surface area contributed by atoms with Crippen LogP contribution in [0.15, 0.2) is 73.1 Å². The van der Waals surface area contributed by atoms with Crippen LogP contribution in [0.25, 0.3) is 10.9 Å². The molecule has 1 atom stereocenters. The summed E-state index contributed by atoms with van der Waals surface area (Å²) in [5.41, 5.74) is 4.96. The van der Waals surface area contributed by atoms with Crippen molar-refractivity contribution in [3.63, 3.8) is 0 Å². The number of pyridine rings is 1. The second-order valence-corrected chi connectivity index (χ2v) is 7.51. The van der Waals surface area contributed by atoms with Gasteiger partial charge < -0.3 is 15.2 Å². The van der Waals surface area contributed by atoms with Gasteiger partial charge in [0.15, 0.2) is 0 Å². The first-order valence-corrected chi connectivity index (χ1v) is 9.92. The van der Waals surface area contributed by atoms with Crippen molar-refractivity contribution in [3.05, 3.63) is 94.9 Å². The number of hydrogen-bond donors (Lipinski definition) is 2. The zero-order valence-electron chi connectivity index (χ0n) is 15.6. The second-order valence-electron chi connectivity index (χ2n) is 7.11. The summed E-state index contributed by atoms with van der Waals surface area (Å²) >= 11 is 6.25. The third kappa shape index (κ3) is 3.13. The number of anilines is 1. The number of urea groups is 1. The summed E-state index contributed by atoms with van der Waals surface area (Å²) in [5.74, 6) is 0. The van der Waals surface area contributed by atoms with Gasteiger partial charge in [0.05, 0.1) is 10.7 Å². The quantitative estimate of drug-likeness (QED) is 0.471. The van der Waals surface area contributed by atoms with Crippen molar-refractivity contribution in [1.29, 1.82) is 0 Å². The predicted octanol–water partition coefficient (Wildman–Crippen LogP) is 5.40. The fourth-order valence-corrected chi connectivity index (χ4v) is 4.28. The van der Waals surface area contributed by atoms with E-state index in [4.69, 9.17) is 11.6 Å². The van der Waals surface area contributed by atoms with E-state index in [1.165, 1.54) is 10.9 Å². The number of carbonyl (C=O) groups is 1. The zero-order chi connectivity index (χ0) is 19.8. The van der Waals surface area contributed by atoms with Gasteiger partial charge in [0.25, 0.3) is 0 Å². The first-order chi connectivity index (χ1) is 14.2. The Bertz CT molecular complexity index is 1190. The highest BCUT2D eigenvalue weighted by Gasteiger charge is 2.34. The van der Waals surface area contributed by atoms with Crippen LogP contribution in [0.1, 0.15) is 22.9 Å². The summed E-state index contributed by atoms with van der Waals surface area (Å²) < 4.78 is 0. The lowest BCUT2D eigenvalue weighted by molar-refractivity contribution is 0.193. The van der Waals surface area contributed by atoms with E-state index in [-0.39, 0.29) is 12.1 Å². The topological polar surface area (TPSA) is 61.0 Å². The molecule has 2 aromatic carbocycles. The number of aromatic nitrogens is 2. The van der Waals surface area contributed by atoms with Crippen molar-refractivity contribution in [3.8, 4) is 0 Å². The summed E-state index contributed by atoms with van der Waals surface area (Å²) in [5, 5.41) is 4.69. The maximum absolute atomic E-state index is 13.3. The number of H-pyrrole nitrogens is 1. The molecule has 144 valence electrons. The lowest BCUT2D eigenvalue weighted by Gasteiger charge is -2.36. The fraction of sp³-hybridized carbons (Fsp3) is 0.130. The Labute approximate surface area is 173 Å². The molecule has 2 aromatic heterocycles. The van der Waals surface area contributed by atoms with Gasteiger partial charge in [-0.3, -0.25) is 4.98 Å². The minimum absolute atomic E-state index is 0.184. The highest BCUT2D eigenvalue weighted by atomic mass is 35.5. The number of halogens is 1. The number of carbonyl (C=O) groups excluding carboxylic acids is 1. The van der Waals surface area contributed by atoms with Gasteiger partial charge in [-0.15, -0.1) is 0 Å². The molecule has 0 saturated carbocycles. The van der Waals surface area contributed by atoms with Crippen molar-refractivity contribution in [2.24, 2.45) is 0 Å². The van der Waals surface area contributed by atoms with Gasteiger partial charge in [-0.2, -0.15) is 0 Å². The number of fused-ring (bicyclic) bond motifs is 3. The number of para-hydroxylation sites is 2. The molecule has 6 heteroatoms. The Morgan fingerprint density at radius 1 is 1.10 bits per heavy atom. The molecule has 0 radical (unpaired) electrons. The Morgan fingerprint density at radius 3 is 2.76 bits per heavy atom. The molecule has 2 N–H and O–H groups in total. The molecule has 0 aliphatic carbocycles. The van der Waals surface area contributed by atoms with Crippen LogP contribution in [-0.4, -0.2) is 27.4 Å². The number of benzene rings is 2. The van der Waals surface area contributed by atoms with Crippen LogP contribution >= 0.6 is 11.6 Å². The monoisotopic (exact) mass is 402 g/mol. The molecule has 0 bridgehead atoms. The summed E-state index contributed by atoms with van der Waals surface area (Å²) in [6, 6.07) is 19.0. The van der Waals surface area contributed by atoms with Crippen LogP contribution in [0.4, 0.5) is 10.5 Å². The van der Waals surface area contributed by atoms with E-state index in [1.807, 2.05) is 47.5 Å². The summed E-state index contributed by atoms with van der Waals surface area (Å²) in [6.07, 6.45) is 4.35. The van der Waals surface area contributed by atoms with E-state index in [1.54, 1.807) is 18.3 Å². The summed E-state index contributed by atoms with van der Waals surface area (Å²) in [4.78, 5) is 22.9. The molecule has 1 aliphatic rings. The molecule has 0 unspecified atom stereocenters. The van der Waals surface area contributed by atoms with Crippen LogP contribution in [0.2, 0.25) is 5.02 Å². The standard InChI is InChI=1S/C23H19ClN4O/c24-18-8-2-4-10-20(18)27-23(29)28-13-11-17-16-7-1-3-9-19(16)26-21(17)22(28)15-6-5-12-25-14-15/h1-10,12,14,22,26H,11,13H2,(H,27,29)/t22-/m0/s1. The van der Waals surface area contributed by atoms with E-state index in [2.05, 4.69) is 27.4 Å². The molecule has 0 saturated heterocycles. The largest absolute Gasteiger partial charge is 0.356 e. The lowest BCUT2D eigenvalue weighted by Crippen LogP contribution is -2.43. The minimum atomic E-state index is -0.248. The van der Waals surface area contributed by atoms with Gasteiger partial charge in [-0.05, 0) is 41.8 Å². The maximum Gasteiger partial charge on any atom is 0.322 e. The number of nitrogens with one attached hydrogen (secondary N) is 2. The van der Waals surface area contributed by atoms with Gasteiger partial charge in [0, 0.05) is 35.5 Å². The predicted molar refractivity (Wildman–Crippen MR) is 115 cm³/mol. The van der Waals surface area contributed by atoms with Crippen LogP contribution < -0.4 is 5.32 Å². The SMILES string of the molecule is O=C(Nc1ccccc1Cl)N1CCc2c([nH]c3ccccc23)[C@@H]1c1cccnc1. The van der Waals surface area contributed by atoms with E-state index < -0.39 is 0 Å². The average molecular weight is 403 g/mol. The minimum Gasteiger partial charge on any atom is -0.356 e. The number of rotatable bonds is 2. The number of nitrogens with zero attached hydrogens (tertiary/aromatic N) is 2. The normalized spacial score (nSPS) is 15.9. The molecule has 1 aliphatic heterocycles. The van der Waals surface area contributed by atoms with Gasteiger partial charge in [0.2, 0.25) is 0 Å². The highest BCUT2D eigenvalue weighted by Crippen LogP contribution is 2.38. The van der Waals surface area contributed by atoms with Gasteiger partial charge in [0.1, 0.15) is 6.04 Å². The summed E-state index contributed by atoms with van der Waals surface area (Å²) in [6.45, 7) is 0.602. The van der Waals surface area contributed by atoms with Crippen LogP contribution in [0.3, 0.4) is 0 Å². The van der Waals surface area contributed by atoms with Gasteiger partial charge >= 0.3 is 6.03 Å². The first kappa shape index (κ1) is 17.8.